The van der Waals surface area contributed by atoms with Crippen LogP contribution in [0.15, 0.2) is 30.5 Å². The number of amides is 2. The first-order valence-electron chi connectivity index (χ1n) is 7.71. The molecule has 2 aromatic rings. The number of hydrogen-bond acceptors (Lipinski definition) is 4. The van der Waals surface area contributed by atoms with Crippen LogP contribution in [0.2, 0.25) is 0 Å². The number of benzene rings is 1. The number of ether oxygens (including phenoxy) is 1. The molecular formula is C16H20FN5O2. The maximum Gasteiger partial charge on any atom is 0.319 e. The van der Waals surface area contributed by atoms with E-state index in [0.717, 1.165) is 6.42 Å². The fraction of sp³-hybridized carbons (Fsp3) is 0.375. The summed E-state index contributed by atoms with van der Waals surface area (Å²) in [5.41, 5.74) is 1.07. The monoisotopic (exact) mass is 333 g/mol. The molecule has 1 aromatic carbocycles. The van der Waals surface area contributed by atoms with Gasteiger partial charge in [-0.1, -0.05) is 12.1 Å². The second-order valence-electron chi connectivity index (χ2n) is 5.71. The maximum atomic E-state index is 13.8. The summed E-state index contributed by atoms with van der Waals surface area (Å²) >= 11 is 0. The van der Waals surface area contributed by atoms with E-state index in [9.17, 15) is 9.18 Å². The van der Waals surface area contributed by atoms with E-state index in [1.54, 1.807) is 36.1 Å². The minimum absolute atomic E-state index is 0.0488. The Morgan fingerprint density at radius 3 is 2.96 bits per heavy atom. The normalized spacial score (nSPS) is 17.0. The van der Waals surface area contributed by atoms with Gasteiger partial charge in [0.25, 0.3) is 5.88 Å². The van der Waals surface area contributed by atoms with Crippen molar-refractivity contribution < 1.29 is 13.9 Å². The molecule has 1 aliphatic heterocycles. The highest BCUT2D eigenvalue weighted by atomic mass is 19.1. The average Bonchev–Trinajstić information content (AvgIpc) is 3.14. The maximum absolute atomic E-state index is 13.8. The molecule has 128 valence electrons. The Morgan fingerprint density at radius 2 is 2.21 bits per heavy atom. The number of nitrogens with zero attached hydrogens (tertiary/aromatic N) is 3. The first-order valence-corrected chi connectivity index (χ1v) is 7.71. The van der Waals surface area contributed by atoms with E-state index in [2.05, 4.69) is 15.7 Å². The highest BCUT2D eigenvalue weighted by molar-refractivity contribution is 5.90. The Kier molecular flexibility index (Phi) is 4.54. The van der Waals surface area contributed by atoms with Gasteiger partial charge in [-0.2, -0.15) is 0 Å². The van der Waals surface area contributed by atoms with Gasteiger partial charge in [0.05, 0.1) is 19.0 Å². The zero-order chi connectivity index (χ0) is 17.1. The molecule has 0 aliphatic carbocycles. The van der Waals surface area contributed by atoms with Crippen molar-refractivity contribution in [3.63, 3.8) is 0 Å². The topological polar surface area (TPSA) is 71.4 Å². The molecule has 0 spiro atoms. The molecular weight excluding hydrogens is 313 g/mol. The zero-order valence-electron chi connectivity index (χ0n) is 13.6. The molecule has 1 atom stereocenters. The lowest BCUT2D eigenvalue weighted by Gasteiger charge is -2.19. The Bertz CT molecular complexity index is 733. The number of aryl methyl sites for hydroxylation is 1. The van der Waals surface area contributed by atoms with Gasteiger partial charge in [0, 0.05) is 26.2 Å². The molecule has 2 amide bonds. The third-order valence-electron chi connectivity index (χ3n) is 3.95. The van der Waals surface area contributed by atoms with Crippen LogP contribution in [0.5, 0.6) is 5.88 Å². The SMILES string of the molecule is COc1nn(C)cc1NC(=O)N[C@H]1CCN(c2ccccc2F)C1. The molecule has 7 nitrogen and oxygen atoms in total. The van der Waals surface area contributed by atoms with Gasteiger partial charge in [0.2, 0.25) is 0 Å². The van der Waals surface area contributed by atoms with Crippen LogP contribution in [-0.2, 0) is 7.05 Å². The predicted octanol–water partition coefficient (Wildman–Crippen LogP) is 1.97. The summed E-state index contributed by atoms with van der Waals surface area (Å²) in [5.74, 6) is 0.106. The number of para-hydroxylation sites is 1. The van der Waals surface area contributed by atoms with E-state index in [4.69, 9.17) is 4.74 Å². The number of urea groups is 1. The van der Waals surface area contributed by atoms with E-state index in [1.807, 2.05) is 4.90 Å². The zero-order valence-corrected chi connectivity index (χ0v) is 13.6. The molecule has 1 aromatic heterocycles. The van der Waals surface area contributed by atoms with Gasteiger partial charge in [-0.05, 0) is 18.6 Å². The minimum atomic E-state index is -0.332. The third-order valence-corrected chi connectivity index (χ3v) is 3.95. The van der Waals surface area contributed by atoms with Crippen molar-refractivity contribution in [2.75, 3.05) is 30.4 Å². The average molecular weight is 333 g/mol. The van der Waals surface area contributed by atoms with Crippen LogP contribution >= 0.6 is 0 Å². The number of anilines is 2. The number of rotatable bonds is 4. The standard InChI is InChI=1S/C16H20FN5O2/c1-21-10-13(15(20-21)24-2)19-16(23)18-11-7-8-22(9-11)14-6-4-3-5-12(14)17/h3-6,10-11H,7-9H2,1-2H3,(H2,18,19,23)/t11-/m0/s1. The van der Waals surface area contributed by atoms with Gasteiger partial charge >= 0.3 is 6.03 Å². The molecule has 0 bridgehead atoms. The highest BCUT2D eigenvalue weighted by Crippen LogP contribution is 2.24. The first kappa shape index (κ1) is 16.1. The van der Waals surface area contributed by atoms with Gasteiger partial charge in [-0.25, -0.2) is 9.18 Å². The van der Waals surface area contributed by atoms with Gasteiger partial charge in [-0.3, -0.25) is 4.68 Å². The first-order chi connectivity index (χ1) is 11.6. The van der Waals surface area contributed by atoms with Gasteiger partial charge in [0.15, 0.2) is 0 Å². The minimum Gasteiger partial charge on any atom is -0.478 e. The predicted molar refractivity (Wildman–Crippen MR) is 88.9 cm³/mol. The fourth-order valence-corrected chi connectivity index (χ4v) is 2.85. The van der Waals surface area contributed by atoms with Crippen LogP contribution in [-0.4, -0.2) is 42.1 Å². The van der Waals surface area contributed by atoms with Crippen molar-refractivity contribution in [1.82, 2.24) is 15.1 Å². The quantitative estimate of drug-likeness (QED) is 0.897. The van der Waals surface area contributed by atoms with Gasteiger partial charge < -0.3 is 20.3 Å². The number of carbonyl (C=O) groups is 1. The summed E-state index contributed by atoms with van der Waals surface area (Å²) in [6.07, 6.45) is 2.42. The van der Waals surface area contributed by atoms with Crippen LogP contribution < -0.4 is 20.3 Å². The second-order valence-corrected chi connectivity index (χ2v) is 5.71. The van der Waals surface area contributed by atoms with E-state index < -0.39 is 0 Å². The Labute approximate surface area is 139 Å². The van der Waals surface area contributed by atoms with Crippen molar-refractivity contribution in [3.8, 4) is 5.88 Å². The van der Waals surface area contributed by atoms with Crippen LogP contribution in [0.25, 0.3) is 0 Å². The number of nitrogens with one attached hydrogen (secondary N) is 2. The highest BCUT2D eigenvalue weighted by Gasteiger charge is 2.26. The summed E-state index contributed by atoms with van der Waals surface area (Å²) < 4.78 is 20.5. The van der Waals surface area contributed by atoms with Gasteiger partial charge in [-0.15, -0.1) is 5.10 Å². The van der Waals surface area contributed by atoms with Crippen LogP contribution in [0, 0.1) is 5.82 Å². The molecule has 0 radical (unpaired) electrons. The molecule has 24 heavy (non-hydrogen) atoms. The number of aromatic nitrogens is 2. The Hall–Kier alpha value is -2.77. The summed E-state index contributed by atoms with van der Waals surface area (Å²) in [6.45, 7) is 1.26. The van der Waals surface area contributed by atoms with E-state index in [0.29, 0.717) is 30.3 Å². The smallest absolute Gasteiger partial charge is 0.319 e. The van der Waals surface area contributed by atoms with Crippen molar-refractivity contribution in [2.45, 2.75) is 12.5 Å². The molecule has 2 heterocycles. The van der Waals surface area contributed by atoms with Gasteiger partial charge in [0.1, 0.15) is 11.5 Å². The van der Waals surface area contributed by atoms with Crippen molar-refractivity contribution in [2.24, 2.45) is 7.05 Å². The molecule has 0 unspecified atom stereocenters. The summed E-state index contributed by atoms with van der Waals surface area (Å²) in [5, 5.41) is 9.70. The lowest BCUT2D eigenvalue weighted by atomic mass is 10.2. The lowest BCUT2D eigenvalue weighted by molar-refractivity contribution is 0.249. The number of methoxy groups -OCH3 is 1. The molecule has 1 aliphatic rings. The van der Waals surface area contributed by atoms with E-state index in [1.165, 1.54) is 13.2 Å². The van der Waals surface area contributed by atoms with Crippen molar-refractivity contribution >= 4 is 17.4 Å². The number of halogens is 1. The summed E-state index contributed by atoms with van der Waals surface area (Å²) in [6, 6.07) is 6.28. The van der Waals surface area contributed by atoms with Crippen LogP contribution in [0.1, 0.15) is 6.42 Å². The molecule has 0 saturated carbocycles. The summed E-state index contributed by atoms with van der Waals surface area (Å²) in [4.78, 5) is 14.1. The Balaban J connectivity index is 1.57. The molecule has 3 rings (SSSR count). The lowest BCUT2D eigenvalue weighted by Crippen LogP contribution is -2.39. The second kappa shape index (κ2) is 6.77. The number of carbonyl (C=O) groups excluding carboxylic acids is 1. The van der Waals surface area contributed by atoms with Crippen LogP contribution in [0.3, 0.4) is 0 Å². The van der Waals surface area contributed by atoms with Crippen molar-refractivity contribution in [3.05, 3.63) is 36.3 Å². The van der Waals surface area contributed by atoms with E-state index in [-0.39, 0.29) is 17.9 Å². The third kappa shape index (κ3) is 3.42. The van der Waals surface area contributed by atoms with Crippen LogP contribution in [0.4, 0.5) is 20.6 Å². The molecule has 1 saturated heterocycles. The molecule has 2 N–H and O–H groups in total. The van der Waals surface area contributed by atoms with E-state index >= 15 is 0 Å². The molecule has 8 heteroatoms. The summed E-state index contributed by atoms with van der Waals surface area (Å²) in [7, 11) is 3.24. The Morgan fingerprint density at radius 1 is 1.42 bits per heavy atom. The molecule has 1 fully saturated rings. The van der Waals surface area contributed by atoms with Crippen molar-refractivity contribution in [1.29, 1.82) is 0 Å². The fourth-order valence-electron chi connectivity index (χ4n) is 2.85. The number of hydrogen-bond donors (Lipinski definition) is 2. The largest absolute Gasteiger partial charge is 0.478 e.